The van der Waals surface area contributed by atoms with Crippen LogP contribution < -0.4 is 6.15 Å². The second kappa shape index (κ2) is 9.93. The van der Waals surface area contributed by atoms with Crippen LogP contribution >= 0.6 is 0 Å². The smallest absolute Gasteiger partial charge is 0.410 e. The Labute approximate surface area is 129 Å². The normalized spacial score (nSPS) is 22.5. The van der Waals surface area contributed by atoms with Crippen LogP contribution in [0.5, 0.6) is 0 Å². The first kappa shape index (κ1) is 20.1. The van der Waals surface area contributed by atoms with Crippen molar-refractivity contribution in [2.75, 3.05) is 26.4 Å². The highest BCUT2D eigenvalue weighted by molar-refractivity contribution is 5.93. The van der Waals surface area contributed by atoms with Crippen LogP contribution in [0.4, 0.5) is 4.79 Å². The summed E-state index contributed by atoms with van der Waals surface area (Å²) in [5, 5.41) is 18.2. The minimum Gasteiger partial charge on any atom is -0.457 e. The first-order chi connectivity index (χ1) is 9.99. The molecule has 2 saturated heterocycles. The maximum atomic E-state index is 11.5. The summed E-state index contributed by atoms with van der Waals surface area (Å²) in [5.41, 5.74) is 0.579. The van der Waals surface area contributed by atoms with E-state index >= 15 is 0 Å². The van der Waals surface area contributed by atoms with Gasteiger partial charge in [0.25, 0.3) is 0 Å². The molecule has 2 atom stereocenters. The van der Waals surface area contributed by atoms with E-state index in [-0.39, 0.29) is 37.9 Å². The van der Waals surface area contributed by atoms with E-state index in [4.69, 9.17) is 9.84 Å². The van der Waals surface area contributed by atoms with E-state index in [1.165, 1.54) is 11.0 Å². The number of rotatable bonds is 4. The SMILES string of the molecule is C=C1COC1=O.C=CCOC(=O)N1C[C@H](O)C[C@@H]1CCO.N. The van der Waals surface area contributed by atoms with Gasteiger partial charge in [0.1, 0.15) is 13.2 Å². The highest BCUT2D eigenvalue weighted by Crippen LogP contribution is 2.21. The molecule has 1 amide bonds. The van der Waals surface area contributed by atoms with Gasteiger partial charge < -0.3 is 30.7 Å². The molecular formula is C14H24N2O6. The van der Waals surface area contributed by atoms with Crippen LogP contribution in [0.2, 0.25) is 0 Å². The maximum Gasteiger partial charge on any atom is 0.410 e. The van der Waals surface area contributed by atoms with Crippen molar-refractivity contribution in [3.05, 3.63) is 24.8 Å². The lowest BCUT2D eigenvalue weighted by atomic mass is 10.1. The number of esters is 1. The number of carbonyl (C=O) groups is 2. The molecule has 8 nitrogen and oxygen atoms in total. The third kappa shape index (κ3) is 5.84. The van der Waals surface area contributed by atoms with Crippen molar-refractivity contribution in [2.24, 2.45) is 0 Å². The third-order valence-corrected chi connectivity index (χ3v) is 3.08. The van der Waals surface area contributed by atoms with Gasteiger partial charge in [-0.1, -0.05) is 19.2 Å². The van der Waals surface area contributed by atoms with Crippen molar-refractivity contribution in [1.29, 1.82) is 0 Å². The molecule has 0 unspecified atom stereocenters. The minimum absolute atomic E-state index is 0. The fraction of sp³-hybridized carbons (Fsp3) is 0.571. The summed E-state index contributed by atoms with van der Waals surface area (Å²) in [6.07, 6.45) is 1.50. The van der Waals surface area contributed by atoms with E-state index < -0.39 is 12.2 Å². The Morgan fingerprint density at radius 1 is 1.55 bits per heavy atom. The molecule has 2 rings (SSSR count). The number of hydrogen-bond donors (Lipinski definition) is 3. The fourth-order valence-electron chi connectivity index (χ4n) is 1.98. The van der Waals surface area contributed by atoms with E-state index in [2.05, 4.69) is 17.9 Å². The van der Waals surface area contributed by atoms with Crippen molar-refractivity contribution in [3.63, 3.8) is 0 Å². The molecule has 2 fully saturated rings. The summed E-state index contributed by atoms with van der Waals surface area (Å²) < 4.78 is 9.18. The zero-order valence-corrected chi connectivity index (χ0v) is 12.6. The summed E-state index contributed by atoms with van der Waals surface area (Å²) in [7, 11) is 0. The molecule has 0 radical (unpaired) electrons. The molecule has 2 aliphatic heterocycles. The molecule has 8 heteroatoms. The number of aliphatic hydroxyl groups is 2. The van der Waals surface area contributed by atoms with Gasteiger partial charge in [-0.15, -0.1) is 0 Å². The van der Waals surface area contributed by atoms with Gasteiger partial charge in [0, 0.05) is 12.6 Å². The zero-order chi connectivity index (χ0) is 15.8. The predicted molar refractivity (Wildman–Crippen MR) is 79.5 cm³/mol. The Morgan fingerprint density at radius 3 is 2.59 bits per heavy atom. The van der Waals surface area contributed by atoms with Crippen molar-refractivity contribution >= 4 is 12.1 Å². The summed E-state index contributed by atoms with van der Waals surface area (Å²) >= 11 is 0. The lowest BCUT2D eigenvalue weighted by molar-refractivity contribution is -0.147. The van der Waals surface area contributed by atoms with Crippen LogP contribution in [0.1, 0.15) is 12.8 Å². The summed E-state index contributed by atoms with van der Waals surface area (Å²) in [6, 6.07) is -0.123. The second-order valence-electron chi connectivity index (χ2n) is 4.75. The topological polar surface area (TPSA) is 131 Å². The van der Waals surface area contributed by atoms with Crippen LogP contribution in [0, 0.1) is 0 Å². The molecule has 126 valence electrons. The standard InChI is InChI=1S/C10H17NO4.C4H4O2.H3N/c1-2-5-15-10(14)11-7-9(13)6-8(11)3-4-12;1-3-2-6-4(3)5;/h2,8-9,12-13H,1,3-7H2;1-2H2;1H3/t8-,9+;;/m0../s1. The molecule has 5 N–H and O–H groups in total. The van der Waals surface area contributed by atoms with E-state index in [9.17, 15) is 14.7 Å². The van der Waals surface area contributed by atoms with Gasteiger partial charge in [-0.25, -0.2) is 9.59 Å². The second-order valence-corrected chi connectivity index (χ2v) is 4.75. The van der Waals surface area contributed by atoms with Gasteiger partial charge in [0.15, 0.2) is 0 Å². The maximum absolute atomic E-state index is 11.5. The van der Waals surface area contributed by atoms with Crippen molar-refractivity contribution in [1.82, 2.24) is 11.1 Å². The van der Waals surface area contributed by atoms with Gasteiger partial charge >= 0.3 is 12.1 Å². The molecule has 0 aromatic heterocycles. The first-order valence-electron chi connectivity index (χ1n) is 6.67. The van der Waals surface area contributed by atoms with Crippen molar-refractivity contribution in [3.8, 4) is 0 Å². The molecule has 0 aromatic carbocycles. The summed E-state index contributed by atoms with van der Waals surface area (Å²) in [4.78, 5) is 22.9. The number of β-amino-alcohol motifs (C(OH)–C–C–N with tert-alkyl or cyclic N) is 1. The molecule has 0 aliphatic carbocycles. The van der Waals surface area contributed by atoms with Crippen LogP contribution in [0.3, 0.4) is 0 Å². The number of ether oxygens (including phenoxy) is 2. The molecule has 22 heavy (non-hydrogen) atoms. The number of hydrogen-bond acceptors (Lipinski definition) is 7. The number of carbonyl (C=O) groups excluding carboxylic acids is 2. The molecule has 0 bridgehead atoms. The number of aliphatic hydroxyl groups excluding tert-OH is 2. The highest BCUT2D eigenvalue weighted by atomic mass is 16.6. The molecule has 0 aromatic rings. The Bertz CT molecular complexity index is 398. The van der Waals surface area contributed by atoms with Gasteiger partial charge in [-0.3, -0.25) is 0 Å². The van der Waals surface area contributed by atoms with E-state index in [1.54, 1.807) is 0 Å². The molecular weight excluding hydrogens is 292 g/mol. The zero-order valence-electron chi connectivity index (χ0n) is 12.6. The van der Waals surface area contributed by atoms with Crippen LogP contribution in [0.25, 0.3) is 0 Å². The predicted octanol–water partition coefficient (Wildman–Crippen LogP) is 0.388. The quantitative estimate of drug-likeness (QED) is 0.388. The van der Waals surface area contributed by atoms with Gasteiger partial charge in [0.05, 0.1) is 18.2 Å². The lowest BCUT2D eigenvalue weighted by Crippen LogP contribution is -2.37. The number of likely N-dealkylation sites (tertiary alicyclic amines) is 1. The van der Waals surface area contributed by atoms with Gasteiger partial charge in [0.2, 0.25) is 0 Å². The minimum atomic E-state index is -0.516. The Balaban J connectivity index is 0.000000529. The van der Waals surface area contributed by atoms with Crippen molar-refractivity contribution in [2.45, 2.75) is 25.0 Å². The van der Waals surface area contributed by atoms with Gasteiger partial charge in [-0.05, 0) is 12.8 Å². The fourth-order valence-corrected chi connectivity index (χ4v) is 1.98. The molecule has 0 spiro atoms. The van der Waals surface area contributed by atoms with Crippen LogP contribution in [-0.4, -0.2) is 65.7 Å². The molecule has 0 saturated carbocycles. The highest BCUT2D eigenvalue weighted by Gasteiger charge is 2.34. The number of cyclic esters (lactones) is 1. The molecule has 2 aliphatic rings. The first-order valence-corrected chi connectivity index (χ1v) is 6.67. The Kier molecular flexibility index (Phi) is 9.07. The Hall–Kier alpha value is -1.90. The van der Waals surface area contributed by atoms with E-state index in [1.807, 2.05) is 0 Å². The number of amides is 1. The van der Waals surface area contributed by atoms with Crippen LogP contribution in [-0.2, 0) is 14.3 Å². The molecule has 2 heterocycles. The van der Waals surface area contributed by atoms with Crippen LogP contribution in [0.15, 0.2) is 24.8 Å². The largest absolute Gasteiger partial charge is 0.457 e. The average Bonchev–Trinajstić information content (AvgIpc) is 2.84. The van der Waals surface area contributed by atoms with E-state index in [0.717, 1.165) is 0 Å². The van der Waals surface area contributed by atoms with Crippen molar-refractivity contribution < 1.29 is 29.3 Å². The lowest BCUT2D eigenvalue weighted by Gasteiger charge is -2.22. The number of nitrogens with zero attached hydrogens (tertiary/aromatic N) is 1. The Morgan fingerprint density at radius 2 is 2.18 bits per heavy atom. The summed E-state index contributed by atoms with van der Waals surface area (Å²) in [6.45, 7) is 7.69. The third-order valence-electron chi connectivity index (χ3n) is 3.08. The monoisotopic (exact) mass is 316 g/mol. The average molecular weight is 316 g/mol. The summed E-state index contributed by atoms with van der Waals surface area (Å²) in [5.74, 6) is -0.255. The van der Waals surface area contributed by atoms with E-state index in [0.29, 0.717) is 25.0 Å². The van der Waals surface area contributed by atoms with Gasteiger partial charge in [-0.2, -0.15) is 0 Å².